The minimum Gasteiger partial charge on any atom is -0.392 e. The van der Waals surface area contributed by atoms with E-state index in [0.29, 0.717) is 0 Å². The van der Waals surface area contributed by atoms with Crippen molar-refractivity contribution in [3.63, 3.8) is 0 Å². The van der Waals surface area contributed by atoms with Crippen LogP contribution in [-0.2, 0) is 6.61 Å². The van der Waals surface area contributed by atoms with E-state index in [9.17, 15) is 4.39 Å². The van der Waals surface area contributed by atoms with Crippen molar-refractivity contribution in [2.24, 2.45) is 0 Å². The summed E-state index contributed by atoms with van der Waals surface area (Å²) in [6.07, 6.45) is 0. The highest BCUT2D eigenvalue weighted by Crippen LogP contribution is 2.09. The summed E-state index contributed by atoms with van der Waals surface area (Å²) in [4.78, 5) is 3.28. The zero-order valence-electron chi connectivity index (χ0n) is 5.01. The summed E-state index contributed by atoms with van der Waals surface area (Å²) in [6, 6.07) is 2.82. The molecule has 54 valence electrons. The molecule has 0 spiro atoms. The van der Waals surface area contributed by atoms with Gasteiger partial charge in [0.1, 0.15) is 5.15 Å². The van der Waals surface area contributed by atoms with Gasteiger partial charge in [-0.25, -0.2) is 4.98 Å². The van der Waals surface area contributed by atoms with Gasteiger partial charge < -0.3 is 5.11 Å². The Kier molecular flexibility index (Phi) is 2.19. The number of rotatable bonds is 1. The van der Waals surface area contributed by atoms with Crippen molar-refractivity contribution in [1.82, 2.24) is 4.98 Å². The van der Waals surface area contributed by atoms with Crippen molar-refractivity contribution in [2.45, 2.75) is 6.61 Å². The fourth-order valence-corrected chi connectivity index (χ4v) is 0.696. The lowest BCUT2D eigenvalue weighted by atomic mass is 10.3. The first kappa shape index (κ1) is 7.44. The topological polar surface area (TPSA) is 33.1 Å². The van der Waals surface area contributed by atoms with E-state index in [2.05, 4.69) is 4.98 Å². The molecule has 1 rings (SSSR count). The average molecular weight is 162 g/mol. The molecule has 0 aliphatic heterocycles. The Labute approximate surface area is 62.3 Å². The number of hydrogen-bond acceptors (Lipinski definition) is 2. The lowest BCUT2D eigenvalue weighted by Gasteiger charge is -1.95. The van der Waals surface area contributed by atoms with Crippen molar-refractivity contribution >= 4 is 11.6 Å². The first-order valence-corrected chi connectivity index (χ1v) is 3.03. The maximum absolute atomic E-state index is 12.5. The van der Waals surface area contributed by atoms with Gasteiger partial charge in [0.2, 0.25) is 5.95 Å². The Hall–Kier alpha value is -0.670. The van der Waals surface area contributed by atoms with E-state index in [0.717, 1.165) is 0 Å². The Morgan fingerprint density at radius 1 is 1.60 bits per heavy atom. The molecule has 1 heterocycles. The van der Waals surface area contributed by atoms with Gasteiger partial charge in [0.15, 0.2) is 0 Å². The highest BCUT2D eigenvalue weighted by Gasteiger charge is 2.01. The van der Waals surface area contributed by atoms with E-state index < -0.39 is 5.95 Å². The van der Waals surface area contributed by atoms with Crippen LogP contribution in [0.15, 0.2) is 12.1 Å². The molecule has 0 atom stereocenters. The molecule has 1 N–H and O–H groups in total. The standard InChI is InChI=1S/C6H5ClFNO/c7-5-2-1-4(3-10)6(8)9-5/h1-2,10H,3H2. The number of aliphatic hydroxyl groups is 1. The van der Waals surface area contributed by atoms with Crippen LogP contribution in [0.25, 0.3) is 0 Å². The van der Waals surface area contributed by atoms with Crippen molar-refractivity contribution in [3.05, 3.63) is 28.8 Å². The van der Waals surface area contributed by atoms with Crippen LogP contribution < -0.4 is 0 Å². The van der Waals surface area contributed by atoms with E-state index in [1.807, 2.05) is 0 Å². The number of hydrogen-bond donors (Lipinski definition) is 1. The Morgan fingerprint density at radius 2 is 2.30 bits per heavy atom. The maximum atomic E-state index is 12.5. The minimum absolute atomic E-state index is 0.0923. The van der Waals surface area contributed by atoms with Crippen molar-refractivity contribution < 1.29 is 9.50 Å². The second kappa shape index (κ2) is 2.94. The van der Waals surface area contributed by atoms with Gasteiger partial charge in [-0.05, 0) is 12.1 Å². The van der Waals surface area contributed by atoms with Gasteiger partial charge in [-0.3, -0.25) is 0 Å². The summed E-state index contributed by atoms with van der Waals surface area (Å²) in [5.41, 5.74) is 0.157. The van der Waals surface area contributed by atoms with Gasteiger partial charge in [-0.1, -0.05) is 11.6 Å². The van der Waals surface area contributed by atoms with Crippen molar-refractivity contribution in [2.75, 3.05) is 0 Å². The molecule has 0 saturated carbocycles. The van der Waals surface area contributed by atoms with Gasteiger partial charge in [0.25, 0.3) is 0 Å². The molecule has 0 fully saturated rings. The molecule has 1 aromatic heterocycles. The second-order valence-corrected chi connectivity index (χ2v) is 2.13. The molecule has 0 radical (unpaired) electrons. The van der Waals surface area contributed by atoms with Crippen LogP contribution in [-0.4, -0.2) is 10.1 Å². The zero-order chi connectivity index (χ0) is 7.56. The van der Waals surface area contributed by atoms with E-state index >= 15 is 0 Å². The molecular weight excluding hydrogens is 157 g/mol. The lowest BCUT2D eigenvalue weighted by molar-refractivity contribution is 0.274. The smallest absolute Gasteiger partial charge is 0.219 e. The summed E-state index contributed by atoms with van der Waals surface area (Å²) < 4.78 is 12.5. The molecular formula is C6H5ClFNO. The van der Waals surface area contributed by atoms with Gasteiger partial charge in [-0.2, -0.15) is 4.39 Å². The Bertz CT molecular complexity index is 241. The Morgan fingerprint density at radius 3 is 2.80 bits per heavy atom. The second-order valence-electron chi connectivity index (χ2n) is 1.74. The minimum atomic E-state index is -0.713. The predicted octanol–water partition coefficient (Wildman–Crippen LogP) is 1.37. The third-order valence-electron chi connectivity index (χ3n) is 1.06. The van der Waals surface area contributed by atoms with E-state index in [-0.39, 0.29) is 17.3 Å². The summed E-state index contributed by atoms with van der Waals surface area (Å²) in [7, 11) is 0. The average Bonchev–Trinajstić information content (AvgIpc) is 1.88. The van der Waals surface area contributed by atoms with E-state index in [4.69, 9.17) is 16.7 Å². The van der Waals surface area contributed by atoms with Crippen LogP contribution in [0.1, 0.15) is 5.56 Å². The molecule has 0 saturated heterocycles. The van der Waals surface area contributed by atoms with Crippen LogP contribution in [0.3, 0.4) is 0 Å². The van der Waals surface area contributed by atoms with Crippen molar-refractivity contribution in [1.29, 1.82) is 0 Å². The van der Waals surface area contributed by atoms with Gasteiger partial charge in [0, 0.05) is 5.56 Å². The van der Waals surface area contributed by atoms with Crippen LogP contribution in [0.2, 0.25) is 5.15 Å². The molecule has 0 unspecified atom stereocenters. The van der Waals surface area contributed by atoms with Gasteiger partial charge in [-0.15, -0.1) is 0 Å². The molecule has 4 heteroatoms. The molecule has 0 amide bonds. The SMILES string of the molecule is OCc1ccc(Cl)nc1F. The molecule has 0 aliphatic rings. The third-order valence-corrected chi connectivity index (χ3v) is 1.27. The molecule has 1 aromatic rings. The van der Waals surface area contributed by atoms with Crippen LogP contribution in [0.5, 0.6) is 0 Å². The summed E-state index contributed by atoms with van der Waals surface area (Å²) >= 11 is 5.34. The zero-order valence-corrected chi connectivity index (χ0v) is 5.77. The maximum Gasteiger partial charge on any atom is 0.219 e. The number of pyridine rings is 1. The first-order valence-electron chi connectivity index (χ1n) is 2.66. The molecule has 0 bridgehead atoms. The molecule has 10 heavy (non-hydrogen) atoms. The highest BCUT2D eigenvalue weighted by atomic mass is 35.5. The number of halogens is 2. The predicted molar refractivity (Wildman–Crippen MR) is 35.1 cm³/mol. The fourth-order valence-electron chi connectivity index (χ4n) is 0.559. The van der Waals surface area contributed by atoms with Crippen LogP contribution in [0, 0.1) is 5.95 Å². The molecule has 0 aromatic carbocycles. The quantitative estimate of drug-likeness (QED) is 0.631. The number of aromatic nitrogens is 1. The normalized spacial score (nSPS) is 9.90. The lowest BCUT2D eigenvalue weighted by Crippen LogP contribution is -1.92. The van der Waals surface area contributed by atoms with Crippen LogP contribution >= 0.6 is 11.6 Å². The molecule has 0 aliphatic carbocycles. The fraction of sp³-hybridized carbons (Fsp3) is 0.167. The number of aliphatic hydroxyl groups excluding tert-OH is 1. The number of nitrogens with zero attached hydrogens (tertiary/aromatic N) is 1. The summed E-state index contributed by atoms with van der Waals surface area (Å²) in [5, 5.41) is 8.58. The van der Waals surface area contributed by atoms with E-state index in [1.165, 1.54) is 12.1 Å². The Balaban J connectivity index is 3.07. The van der Waals surface area contributed by atoms with E-state index in [1.54, 1.807) is 0 Å². The highest BCUT2D eigenvalue weighted by molar-refractivity contribution is 6.29. The van der Waals surface area contributed by atoms with Crippen LogP contribution in [0.4, 0.5) is 4.39 Å². The monoisotopic (exact) mass is 161 g/mol. The van der Waals surface area contributed by atoms with Gasteiger partial charge in [0.05, 0.1) is 6.61 Å². The van der Waals surface area contributed by atoms with Crippen molar-refractivity contribution in [3.8, 4) is 0 Å². The molecule has 2 nitrogen and oxygen atoms in total. The largest absolute Gasteiger partial charge is 0.392 e. The summed E-state index contributed by atoms with van der Waals surface area (Å²) in [6.45, 7) is -0.351. The third kappa shape index (κ3) is 1.43. The first-order chi connectivity index (χ1) is 4.74. The summed E-state index contributed by atoms with van der Waals surface area (Å²) in [5.74, 6) is -0.713. The van der Waals surface area contributed by atoms with Gasteiger partial charge >= 0.3 is 0 Å².